The zero-order chi connectivity index (χ0) is 11.8. The molecule has 0 saturated heterocycles. The van der Waals surface area contributed by atoms with Gasteiger partial charge in [-0.3, -0.25) is 0 Å². The minimum absolute atomic E-state index is 0.742. The molecule has 0 saturated carbocycles. The van der Waals surface area contributed by atoms with Crippen LogP contribution in [-0.2, 0) is 0 Å². The van der Waals surface area contributed by atoms with Gasteiger partial charge < -0.3 is 0 Å². The van der Waals surface area contributed by atoms with Crippen molar-refractivity contribution >= 4 is 69.4 Å². The summed E-state index contributed by atoms with van der Waals surface area (Å²) in [5, 5.41) is 2.21. The third kappa shape index (κ3) is 2.14. The van der Waals surface area contributed by atoms with Crippen LogP contribution in [0.1, 0.15) is 0 Å². The van der Waals surface area contributed by atoms with Gasteiger partial charge in [0, 0.05) is 0 Å². The fraction of sp³-hybridized carbons (Fsp3) is 0. The summed E-state index contributed by atoms with van der Waals surface area (Å²) in [4.78, 5) is 0. The molecule has 0 N–H and O–H groups in total. The zero-order valence-electron chi connectivity index (χ0n) is 8.76. The second-order valence-corrected chi connectivity index (χ2v) is 7.65. The van der Waals surface area contributed by atoms with Gasteiger partial charge in [0.25, 0.3) is 0 Å². The van der Waals surface area contributed by atoms with Gasteiger partial charge in [-0.25, -0.2) is 0 Å². The summed E-state index contributed by atoms with van der Waals surface area (Å²) >= 11 is 6.80. The molecule has 1 heterocycles. The van der Waals surface area contributed by atoms with Crippen LogP contribution in [0, 0.1) is 0 Å². The van der Waals surface area contributed by atoms with Crippen molar-refractivity contribution < 1.29 is 8.39 Å². The normalized spacial score (nSPS) is 12.0. The van der Waals surface area contributed by atoms with Crippen molar-refractivity contribution in [2.75, 3.05) is 0 Å². The summed E-state index contributed by atoms with van der Waals surface area (Å²) < 4.78 is 12.6. The Morgan fingerprint density at radius 2 is 1.65 bits per heavy atom. The molecule has 2 radical (unpaired) electrons. The van der Waals surface area contributed by atoms with Crippen LogP contribution in [0.2, 0.25) is 0 Å². The number of hydrogen-bond donors (Lipinski definition) is 0. The average molecular weight is 458 g/mol. The molecule has 2 nitrogen and oxygen atoms in total. The molecule has 1 unspecified atom stereocenters. The van der Waals surface area contributed by atoms with E-state index in [1.165, 1.54) is 3.12 Å². The van der Waals surface area contributed by atoms with Gasteiger partial charge in [0.1, 0.15) is 0 Å². The Morgan fingerprint density at radius 1 is 0.941 bits per heavy atom. The van der Waals surface area contributed by atoms with Gasteiger partial charge in [-0.05, 0) is 0 Å². The van der Waals surface area contributed by atoms with Crippen LogP contribution in [0.4, 0.5) is 0 Å². The van der Waals surface area contributed by atoms with Crippen molar-refractivity contribution in [3.8, 4) is 0 Å². The Labute approximate surface area is 120 Å². The molecule has 3 aromatic rings. The van der Waals surface area contributed by atoms with E-state index in [0.29, 0.717) is 0 Å². The van der Waals surface area contributed by atoms with Crippen LogP contribution >= 0.6 is 18.6 Å². The number of benzene rings is 2. The van der Waals surface area contributed by atoms with Crippen LogP contribution in [-0.4, -0.2) is 25.8 Å². The first-order chi connectivity index (χ1) is 8.25. The van der Waals surface area contributed by atoms with Crippen LogP contribution in [0.15, 0.2) is 50.9 Å². The zero-order valence-corrected chi connectivity index (χ0v) is 14.9. The van der Waals surface area contributed by atoms with Gasteiger partial charge in [0.05, 0.1) is 0 Å². The van der Waals surface area contributed by atoms with E-state index in [9.17, 15) is 0 Å². The second-order valence-electron chi connectivity index (χ2n) is 3.61. The molecule has 5 heteroatoms. The molecule has 84 valence electrons. The Bertz CT molecular complexity index is 739. The molecule has 0 amide bonds. The predicted molar refractivity (Wildman–Crippen MR) is 74.4 cm³/mol. The van der Waals surface area contributed by atoms with Crippen molar-refractivity contribution in [3.05, 3.63) is 42.5 Å². The molecule has 0 aliphatic carbocycles. The molecule has 3 rings (SSSR count). The van der Waals surface area contributed by atoms with E-state index in [1.54, 1.807) is 0 Å². The Kier molecular flexibility index (Phi) is 3.20. The summed E-state index contributed by atoms with van der Waals surface area (Å²) in [6.45, 7) is 0. The van der Waals surface area contributed by atoms with Crippen molar-refractivity contribution in [3.63, 3.8) is 0 Å². The summed E-state index contributed by atoms with van der Waals surface area (Å²) in [6.07, 6.45) is 0. The van der Waals surface area contributed by atoms with E-state index in [0.717, 1.165) is 47.7 Å². The molecule has 0 aliphatic heterocycles. The number of fused-ring (bicyclic) bond motifs is 3. The van der Waals surface area contributed by atoms with Crippen molar-refractivity contribution in [1.82, 2.24) is 0 Å². The first-order valence-electron chi connectivity index (χ1n) is 5.05. The fourth-order valence-electron chi connectivity index (χ4n) is 1.84. The van der Waals surface area contributed by atoms with E-state index in [2.05, 4.69) is 12.1 Å². The van der Waals surface area contributed by atoms with Crippen LogP contribution in [0.5, 0.6) is 0 Å². The van der Waals surface area contributed by atoms with Gasteiger partial charge in [0.15, 0.2) is 0 Å². The average Bonchev–Trinajstić information content (AvgIpc) is 2.44. The Balaban J connectivity index is 2.70. The first kappa shape index (κ1) is 11.6. The first-order valence-corrected chi connectivity index (χ1v) is 9.38. The summed E-state index contributed by atoms with van der Waals surface area (Å²) in [7, 11) is -1.41. The third-order valence-electron chi connectivity index (χ3n) is 2.56. The van der Waals surface area contributed by atoms with Crippen molar-refractivity contribution in [2.45, 2.75) is 0 Å². The van der Waals surface area contributed by atoms with Crippen LogP contribution in [0.3, 0.4) is 0 Å². The topological polar surface area (TPSA) is 26.3 Å². The molecule has 1 aromatic heterocycles. The molecule has 2 aromatic carbocycles. The second kappa shape index (κ2) is 4.67. The van der Waals surface area contributed by atoms with E-state index in [-0.39, 0.29) is 0 Å². The molecular formula is C12H8ClO2PPb. The summed E-state index contributed by atoms with van der Waals surface area (Å²) in [6, 6.07) is 14.0. The number of hydrogen-bond acceptors (Lipinski definition) is 2. The van der Waals surface area contributed by atoms with E-state index in [4.69, 9.17) is 19.6 Å². The minimum atomic E-state index is -1.41. The molecule has 0 aliphatic rings. The third-order valence-corrected chi connectivity index (χ3v) is 5.52. The Morgan fingerprint density at radius 3 is 2.53 bits per heavy atom. The Hall–Kier alpha value is -0.448. The quantitative estimate of drug-likeness (QED) is 0.480. The SMILES string of the molecule is Clp1oc2ccccc2c2[c]([PbH])cccc2o1. The maximum atomic E-state index is 6.06. The van der Waals surface area contributed by atoms with Crippen molar-refractivity contribution in [1.29, 1.82) is 0 Å². The van der Waals surface area contributed by atoms with Gasteiger partial charge in [-0.2, -0.15) is 0 Å². The van der Waals surface area contributed by atoms with Crippen LogP contribution < -0.4 is 3.12 Å². The van der Waals surface area contributed by atoms with Gasteiger partial charge in [0.2, 0.25) is 0 Å². The van der Waals surface area contributed by atoms with E-state index < -0.39 is 7.37 Å². The molecule has 0 fully saturated rings. The monoisotopic (exact) mass is 458 g/mol. The summed E-state index contributed by atoms with van der Waals surface area (Å²) in [5.74, 6) is 0. The fourth-order valence-corrected chi connectivity index (χ4v) is 4.53. The van der Waals surface area contributed by atoms with Gasteiger partial charge in [-0.15, -0.1) is 0 Å². The molecule has 1 atom stereocenters. The molecule has 17 heavy (non-hydrogen) atoms. The van der Waals surface area contributed by atoms with Gasteiger partial charge in [-0.1, -0.05) is 0 Å². The molecule has 0 spiro atoms. The van der Waals surface area contributed by atoms with Crippen molar-refractivity contribution in [2.24, 2.45) is 0 Å². The van der Waals surface area contributed by atoms with E-state index >= 15 is 0 Å². The number of halogens is 1. The van der Waals surface area contributed by atoms with Gasteiger partial charge >= 0.3 is 120 Å². The number of rotatable bonds is 0. The summed E-state index contributed by atoms with van der Waals surface area (Å²) in [5.41, 5.74) is 1.64. The maximum absolute atomic E-state index is 6.06. The predicted octanol–water partition coefficient (Wildman–Crippen LogP) is 3.82. The standard InChI is InChI=1S/C12H7ClO2P.Pb.H/c13-16-14-11-7-3-1-5-9(11)10-6-2-4-8-12(10)15-16;;/h1-5,7-8H;;. The molecular weight excluding hydrogens is 450 g/mol. The van der Waals surface area contributed by atoms with Crippen LogP contribution in [0.25, 0.3) is 21.9 Å². The van der Waals surface area contributed by atoms with E-state index in [1.807, 2.05) is 30.3 Å². The molecule has 0 bridgehead atoms. The number of para-hydroxylation sites is 1.